The molecule has 7 N–H and O–H groups in total. The Balaban J connectivity index is -0.000000118. The van der Waals surface area contributed by atoms with E-state index in [1.54, 1.807) is 0 Å². The summed E-state index contributed by atoms with van der Waals surface area (Å²) in [5.41, 5.74) is -1.11. The molecule has 0 amide bonds. The summed E-state index contributed by atoms with van der Waals surface area (Å²) in [5.74, 6) is -2.94. The van der Waals surface area contributed by atoms with Crippen LogP contribution in [-0.2, 0) is 24.0 Å². The minimum atomic E-state index is -1.11. The lowest BCUT2D eigenvalue weighted by molar-refractivity contribution is -0.132. The van der Waals surface area contributed by atoms with Crippen LogP contribution in [0.4, 0.5) is 0 Å². The smallest absolute Gasteiger partial charge is 0.327 e. The van der Waals surface area contributed by atoms with Crippen molar-refractivity contribution < 1.29 is 59.7 Å². The van der Waals surface area contributed by atoms with Gasteiger partial charge in [0.15, 0.2) is 6.17 Å². The van der Waals surface area contributed by atoms with Gasteiger partial charge in [-0.2, -0.15) is 9.98 Å². The van der Waals surface area contributed by atoms with Crippen molar-refractivity contribution in [3.05, 3.63) is 38.0 Å². The van der Waals surface area contributed by atoms with Crippen LogP contribution in [0.25, 0.3) is 0 Å². The fraction of sp³-hybridized carbons (Fsp3) is 0.500. The zero-order valence-electron chi connectivity index (χ0n) is 20.2. The minimum Gasteiger partial charge on any atom is -0.478 e. The topological polar surface area (TPSA) is 252 Å². The van der Waals surface area contributed by atoms with Crippen LogP contribution < -0.4 is 0 Å². The summed E-state index contributed by atoms with van der Waals surface area (Å²) in [4.78, 5) is 54.1. The number of nitrogens with zero attached hydrogens (tertiary/aromatic N) is 2. The lowest BCUT2D eigenvalue weighted by Gasteiger charge is -2.23. The Bertz CT molecular complexity index is 630. The van der Waals surface area contributed by atoms with Gasteiger partial charge in [0, 0.05) is 18.2 Å². The minimum absolute atomic E-state index is 0.406. The van der Waals surface area contributed by atoms with Gasteiger partial charge in [-0.3, -0.25) is 0 Å². The molecule has 0 saturated heterocycles. The normalized spacial score (nSPS) is 9.36. The predicted octanol–water partition coefficient (Wildman–Crippen LogP) is 0.277. The number of isocyanates is 2. The molecule has 206 valence electrons. The standard InChI is InChI=1S/C8H12N2O2.C5H12O4.3C3H4O2/c1-2-3-4-5-8(9-6-11)10-7-12;6-1-5(2-7,3-8)4-9;3*1-2-3(4)5/h8H,2-5H2,1H3;6-9H,1-4H2;3*2H,1H2,(H,4,5). The van der Waals surface area contributed by atoms with Crippen LogP contribution >= 0.6 is 0 Å². The second-order valence-corrected chi connectivity index (χ2v) is 6.18. The van der Waals surface area contributed by atoms with Crippen LogP contribution in [0.3, 0.4) is 0 Å². The maximum atomic E-state index is 9.84. The zero-order valence-corrected chi connectivity index (χ0v) is 20.2. The number of carboxylic acids is 3. The Morgan fingerprint density at radius 1 is 0.750 bits per heavy atom. The number of hydrogen-bond donors (Lipinski definition) is 7. The summed E-state index contributed by atoms with van der Waals surface area (Å²) < 4.78 is 0. The summed E-state index contributed by atoms with van der Waals surface area (Å²) in [7, 11) is 0. The number of carbonyl (C=O) groups is 3. The molecule has 0 rings (SSSR count). The SMILES string of the molecule is C=CC(=O)O.C=CC(=O)O.C=CC(=O)O.CCCCCC(N=C=O)N=C=O.OCC(CO)(CO)CO. The first kappa shape index (κ1) is 42.4. The Kier molecular flexibility index (Phi) is 39.3. The average Bonchev–Trinajstić information content (AvgIpc) is 2.87. The predicted molar refractivity (Wildman–Crippen MR) is 128 cm³/mol. The van der Waals surface area contributed by atoms with Crippen molar-refractivity contribution in [2.24, 2.45) is 15.4 Å². The molecule has 0 radical (unpaired) electrons. The van der Waals surface area contributed by atoms with Gasteiger partial charge in [-0.25, -0.2) is 24.0 Å². The summed E-state index contributed by atoms with van der Waals surface area (Å²) in [5, 5.41) is 56.8. The van der Waals surface area contributed by atoms with Gasteiger partial charge >= 0.3 is 17.9 Å². The molecule has 0 aromatic heterocycles. The molecule has 0 bridgehead atoms. The van der Waals surface area contributed by atoms with E-state index in [9.17, 15) is 24.0 Å². The number of carbonyl (C=O) groups excluding carboxylic acids is 2. The van der Waals surface area contributed by atoms with E-state index < -0.39 is 55.9 Å². The van der Waals surface area contributed by atoms with Crippen molar-refractivity contribution in [1.82, 2.24) is 0 Å². The highest BCUT2D eigenvalue weighted by Gasteiger charge is 2.26. The fourth-order valence-corrected chi connectivity index (χ4v) is 1.16. The summed E-state index contributed by atoms with van der Waals surface area (Å²) in [6.45, 7) is 9.33. The molecule has 36 heavy (non-hydrogen) atoms. The number of rotatable bonds is 13. The van der Waals surface area contributed by atoms with E-state index in [-0.39, 0.29) is 0 Å². The monoisotopic (exact) mass is 520 g/mol. The Labute approximate surface area is 209 Å². The molecule has 14 heteroatoms. The van der Waals surface area contributed by atoms with Gasteiger partial charge in [0.2, 0.25) is 12.2 Å². The summed E-state index contributed by atoms with van der Waals surface area (Å²) >= 11 is 0. The number of unbranched alkanes of at least 4 members (excludes halogenated alkanes) is 2. The molecule has 14 nitrogen and oxygen atoms in total. The zero-order chi connectivity index (χ0) is 29.4. The first-order valence-electron chi connectivity index (χ1n) is 10.0. The molecule has 0 heterocycles. The molecule has 0 fully saturated rings. The van der Waals surface area contributed by atoms with Crippen LogP contribution in [0.5, 0.6) is 0 Å². The molecule has 0 aliphatic rings. The van der Waals surface area contributed by atoms with Gasteiger partial charge < -0.3 is 35.7 Å². The van der Waals surface area contributed by atoms with Crippen LogP contribution in [0.15, 0.2) is 47.9 Å². The highest BCUT2D eigenvalue weighted by atomic mass is 16.4. The van der Waals surface area contributed by atoms with Gasteiger partial charge in [-0.1, -0.05) is 39.5 Å². The molecule has 0 aliphatic heterocycles. The van der Waals surface area contributed by atoms with E-state index in [2.05, 4.69) is 36.6 Å². The molecule has 0 saturated carbocycles. The van der Waals surface area contributed by atoms with E-state index in [4.69, 9.17) is 35.7 Å². The van der Waals surface area contributed by atoms with Crippen molar-refractivity contribution in [2.75, 3.05) is 26.4 Å². The van der Waals surface area contributed by atoms with Gasteiger partial charge in [-0.05, 0) is 12.8 Å². The van der Waals surface area contributed by atoms with Crippen molar-refractivity contribution >= 4 is 30.1 Å². The molecule has 0 aromatic rings. The quantitative estimate of drug-likeness (QED) is 0.0748. The maximum Gasteiger partial charge on any atom is 0.327 e. The summed E-state index contributed by atoms with van der Waals surface area (Å²) in [6, 6.07) is 0. The van der Waals surface area contributed by atoms with Crippen LogP contribution in [0.2, 0.25) is 0 Å². The van der Waals surface area contributed by atoms with E-state index in [0.717, 1.165) is 37.5 Å². The lowest BCUT2D eigenvalue weighted by Crippen LogP contribution is -2.37. The van der Waals surface area contributed by atoms with E-state index >= 15 is 0 Å². The highest BCUT2D eigenvalue weighted by molar-refractivity contribution is 5.79. The van der Waals surface area contributed by atoms with Gasteiger partial charge in [0.25, 0.3) is 0 Å². The average molecular weight is 521 g/mol. The first-order chi connectivity index (χ1) is 16.9. The maximum absolute atomic E-state index is 9.84. The number of aliphatic imine (C=N–C) groups is 2. The first-order valence-corrected chi connectivity index (χ1v) is 10.0. The molecule has 0 unspecified atom stereocenters. The van der Waals surface area contributed by atoms with Crippen LogP contribution in [0.1, 0.15) is 32.6 Å². The molecule has 0 aromatic carbocycles. The Morgan fingerprint density at radius 2 is 1.03 bits per heavy atom. The van der Waals surface area contributed by atoms with Crippen LogP contribution in [0, 0.1) is 5.41 Å². The third-order valence-electron chi connectivity index (χ3n) is 3.33. The number of aliphatic hydroxyl groups excluding tert-OH is 4. The molecular formula is C22H36N2O12. The Morgan fingerprint density at radius 3 is 1.17 bits per heavy atom. The molecular weight excluding hydrogens is 484 g/mol. The third kappa shape index (κ3) is 40.6. The third-order valence-corrected chi connectivity index (χ3v) is 3.33. The molecule has 0 aliphatic carbocycles. The number of aliphatic hydroxyl groups is 4. The van der Waals surface area contributed by atoms with Gasteiger partial charge in [0.1, 0.15) is 0 Å². The number of carboxylic acid groups (broad SMARTS) is 3. The Hall–Kier alpha value is -3.77. The van der Waals surface area contributed by atoms with Gasteiger partial charge in [-0.15, -0.1) is 0 Å². The number of aliphatic carboxylic acids is 3. The fourth-order valence-electron chi connectivity index (χ4n) is 1.16. The van der Waals surface area contributed by atoms with E-state index in [1.165, 1.54) is 12.2 Å². The van der Waals surface area contributed by atoms with E-state index in [1.807, 2.05) is 0 Å². The van der Waals surface area contributed by atoms with Gasteiger partial charge in [0.05, 0.1) is 31.8 Å². The lowest BCUT2D eigenvalue weighted by atomic mass is 9.93. The molecule has 0 spiro atoms. The van der Waals surface area contributed by atoms with Crippen molar-refractivity contribution in [1.29, 1.82) is 0 Å². The van der Waals surface area contributed by atoms with E-state index in [0.29, 0.717) is 6.42 Å². The second-order valence-electron chi connectivity index (χ2n) is 6.18. The molecule has 0 atom stereocenters. The van der Waals surface area contributed by atoms with Crippen molar-refractivity contribution in [3.63, 3.8) is 0 Å². The largest absolute Gasteiger partial charge is 0.478 e. The highest BCUT2D eigenvalue weighted by Crippen LogP contribution is 2.11. The van der Waals surface area contributed by atoms with Crippen molar-refractivity contribution in [3.8, 4) is 0 Å². The van der Waals surface area contributed by atoms with Crippen LogP contribution in [-0.4, -0.2) is 98.4 Å². The van der Waals surface area contributed by atoms with Crippen molar-refractivity contribution in [2.45, 2.75) is 38.8 Å². The summed E-state index contributed by atoms with van der Waals surface area (Å²) in [6.07, 6.45) is 8.38. The number of hydrogen-bond acceptors (Lipinski definition) is 11. The second kappa shape index (κ2) is 33.4.